The van der Waals surface area contributed by atoms with E-state index in [-0.39, 0.29) is 17.6 Å². The number of nitrogens with one attached hydrogen (secondary N) is 2. The second kappa shape index (κ2) is 7.34. The van der Waals surface area contributed by atoms with Gasteiger partial charge in [0.15, 0.2) is 12.1 Å². The Bertz CT molecular complexity index is 657. The molecule has 1 heterocycles. The Morgan fingerprint density at radius 1 is 1.35 bits per heavy atom. The number of benzene rings is 1. The molecule has 144 valence electrons. The molecule has 8 heteroatoms. The molecule has 3 rings (SSSR count). The van der Waals surface area contributed by atoms with Gasteiger partial charge >= 0.3 is 6.18 Å². The van der Waals surface area contributed by atoms with Crippen molar-refractivity contribution in [1.82, 2.24) is 10.6 Å². The Hall–Kier alpha value is -1.96. The number of guanidine groups is 1. The highest BCUT2D eigenvalue weighted by molar-refractivity contribution is 5.80. The molecule has 1 saturated carbocycles. The van der Waals surface area contributed by atoms with Crippen molar-refractivity contribution in [2.45, 2.75) is 56.0 Å². The maximum absolute atomic E-state index is 12.5. The first-order valence-electron chi connectivity index (χ1n) is 8.83. The normalized spacial score (nSPS) is 23.3. The van der Waals surface area contributed by atoms with Crippen molar-refractivity contribution in [2.75, 3.05) is 13.6 Å². The van der Waals surface area contributed by atoms with Crippen molar-refractivity contribution >= 4 is 5.96 Å². The summed E-state index contributed by atoms with van der Waals surface area (Å²) in [4.78, 5) is 4.00. The third kappa shape index (κ3) is 4.06. The smallest absolute Gasteiger partial charge is 0.416 e. The van der Waals surface area contributed by atoms with Crippen LogP contribution in [0.1, 0.15) is 43.7 Å². The molecule has 1 aromatic rings. The maximum Gasteiger partial charge on any atom is 0.416 e. The van der Waals surface area contributed by atoms with Crippen LogP contribution in [-0.4, -0.2) is 42.5 Å². The van der Waals surface area contributed by atoms with Gasteiger partial charge in [0, 0.05) is 19.0 Å². The number of para-hydroxylation sites is 1. The first-order valence-corrected chi connectivity index (χ1v) is 8.83. The molecular formula is C18H24F3N3O2. The number of aliphatic hydroxyl groups is 1. The number of halogens is 3. The van der Waals surface area contributed by atoms with E-state index in [1.807, 2.05) is 24.3 Å². The van der Waals surface area contributed by atoms with Crippen molar-refractivity contribution in [3.05, 3.63) is 29.8 Å². The molecule has 1 aliphatic carbocycles. The topological polar surface area (TPSA) is 65.9 Å². The van der Waals surface area contributed by atoms with Gasteiger partial charge in [0.05, 0.1) is 12.6 Å². The Morgan fingerprint density at radius 2 is 2.04 bits per heavy atom. The number of hydrogen-bond donors (Lipinski definition) is 3. The minimum atomic E-state index is -4.66. The summed E-state index contributed by atoms with van der Waals surface area (Å²) in [7, 11) is 1.49. The zero-order valence-electron chi connectivity index (χ0n) is 14.6. The van der Waals surface area contributed by atoms with E-state index < -0.39 is 18.8 Å². The molecule has 0 aromatic heterocycles. The zero-order chi connectivity index (χ0) is 18.8. The molecule has 26 heavy (non-hydrogen) atoms. The lowest BCUT2D eigenvalue weighted by molar-refractivity contribution is -0.201. The Balaban J connectivity index is 1.72. The summed E-state index contributed by atoms with van der Waals surface area (Å²) in [6, 6.07) is 7.58. The van der Waals surface area contributed by atoms with E-state index in [1.54, 1.807) is 0 Å². The van der Waals surface area contributed by atoms with E-state index in [9.17, 15) is 18.3 Å². The fourth-order valence-electron chi connectivity index (χ4n) is 3.74. The molecule has 1 fully saturated rings. The Kier molecular flexibility index (Phi) is 5.32. The number of alkyl halides is 3. The number of rotatable bonds is 3. The van der Waals surface area contributed by atoms with Crippen molar-refractivity contribution in [2.24, 2.45) is 4.99 Å². The Morgan fingerprint density at radius 3 is 2.69 bits per heavy atom. The van der Waals surface area contributed by atoms with Gasteiger partial charge in [0.25, 0.3) is 0 Å². The summed E-state index contributed by atoms with van der Waals surface area (Å²) >= 11 is 0. The maximum atomic E-state index is 12.5. The van der Waals surface area contributed by atoms with Crippen LogP contribution < -0.4 is 15.4 Å². The van der Waals surface area contributed by atoms with Crippen molar-refractivity contribution < 1.29 is 23.0 Å². The van der Waals surface area contributed by atoms with Crippen LogP contribution in [0.25, 0.3) is 0 Å². The monoisotopic (exact) mass is 371 g/mol. The van der Waals surface area contributed by atoms with E-state index >= 15 is 0 Å². The second-order valence-corrected chi connectivity index (χ2v) is 6.94. The average Bonchev–Trinajstić information content (AvgIpc) is 3.04. The average molecular weight is 371 g/mol. The number of aliphatic imine (C=N–C) groups is 1. The van der Waals surface area contributed by atoms with Crippen LogP contribution >= 0.6 is 0 Å². The molecule has 5 nitrogen and oxygen atoms in total. The predicted octanol–water partition coefficient (Wildman–Crippen LogP) is 2.91. The van der Waals surface area contributed by atoms with Crippen molar-refractivity contribution in [3.8, 4) is 5.75 Å². The molecule has 1 aliphatic heterocycles. The molecular weight excluding hydrogens is 347 g/mol. The number of hydrogen-bond acceptors (Lipinski definition) is 3. The lowest BCUT2D eigenvalue weighted by Crippen LogP contribution is -2.49. The molecule has 1 aromatic carbocycles. The van der Waals surface area contributed by atoms with Crippen LogP contribution in [0, 0.1) is 0 Å². The first kappa shape index (κ1) is 18.8. The quantitative estimate of drug-likeness (QED) is 0.565. The summed E-state index contributed by atoms with van der Waals surface area (Å²) in [5.74, 6) is 1.03. The van der Waals surface area contributed by atoms with E-state index in [2.05, 4.69) is 15.6 Å². The number of nitrogens with zero attached hydrogens (tertiary/aromatic N) is 1. The fourth-order valence-corrected chi connectivity index (χ4v) is 3.74. The van der Waals surface area contributed by atoms with Gasteiger partial charge in [-0.3, -0.25) is 4.99 Å². The van der Waals surface area contributed by atoms with Crippen LogP contribution in [0.5, 0.6) is 5.75 Å². The van der Waals surface area contributed by atoms with Crippen LogP contribution in [0.15, 0.2) is 29.3 Å². The highest BCUT2D eigenvalue weighted by atomic mass is 19.4. The predicted molar refractivity (Wildman–Crippen MR) is 92.2 cm³/mol. The molecule has 0 radical (unpaired) electrons. The van der Waals surface area contributed by atoms with E-state index in [1.165, 1.54) is 7.05 Å². The molecule has 2 atom stereocenters. The molecule has 2 unspecified atom stereocenters. The Labute approximate surface area is 150 Å². The van der Waals surface area contributed by atoms with E-state index in [0.29, 0.717) is 0 Å². The molecule has 1 spiro atoms. The number of ether oxygens (including phenoxy) is 1. The van der Waals surface area contributed by atoms with Gasteiger partial charge in [-0.25, -0.2) is 0 Å². The largest absolute Gasteiger partial charge is 0.487 e. The van der Waals surface area contributed by atoms with Gasteiger partial charge in [-0.05, 0) is 31.7 Å². The lowest BCUT2D eigenvalue weighted by Gasteiger charge is -2.40. The van der Waals surface area contributed by atoms with Crippen LogP contribution in [0.2, 0.25) is 0 Å². The molecule has 2 aliphatic rings. The molecule has 0 bridgehead atoms. The van der Waals surface area contributed by atoms with Gasteiger partial charge in [0.1, 0.15) is 11.4 Å². The van der Waals surface area contributed by atoms with E-state index in [4.69, 9.17) is 4.74 Å². The highest BCUT2D eigenvalue weighted by Gasteiger charge is 2.43. The molecule has 0 saturated heterocycles. The van der Waals surface area contributed by atoms with E-state index in [0.717, 1.165) is 43.4 Å². The molecule has 0 amide bonds. The molecule has 3 N–H and O–H groups in total. The van der Waals surface area contributed by atoms with Crippen LogP contribution in [0.3, 0.4) is 0 Å². The summed E-state index contributed by atoms with van der Waals surface area (Å²) in [5.41, 5.74) is 0.737. The van der Waals surface area contributed by atoms with Gasteiger partial charge < -0.3 is 20.5 Å². The van der Waals surface area contributed by atoms with Crippen LogP contribution in [0.4, 0.5) is 13.2 Å². The first-order chi connectivity index (χ1) is 12.3. The summed E-state index contributed by atoms with van der Waals surface area (Å²) < 4.78 is 43.8. The van der Waals surface area contributed by atoms with Gasteiger partial charge in [-0.15, -0.1) is 0 Å². The van der Waals surface area contributed by atoms with Crippen molar-refractivity contribution in [3.63, 3.8) is 0 Å². The summed E-state index contributed by atoms with van der Waals surface area (Å²) in [6.45, 7) is -0.654. The van der Waals surface area contributed by atoms with Crippen molar-refractivity contribution in [1.29, 1.82) is 0 Å². The van der Waals surface area contributed by atoms with Gasteiger partial charge in [-0.2, -0.15) is 13.2 Å². The minimum Gasteiger partial charge on any atom is -0.487 e. The second-order valence-electron chi connectivity index (χ2n) is 6.94. The SMILES string of the molecule is CN=C(NCC(O)C(F)(F)F)NC1CC2(CCCC2)Oc2ccccc21. The fraction of sp³-hybridized carbons (Fsp3) is 0.611. The van der Waals surface area contributed by atoms with Gasteiger partial charge in [0.2, 0.25) is 0 Å². The lowest BCUT2D eigenvalue weighted by atomic mass is 9.86. The highest BCUT2D eigenvalue weighted by Crippen LogP contribution is 2.46. The van der Waals surface area contributed by atoms with Gasteiger partial charge in [-0.1, -0.05) is 18.2 Å². The third-order valence-corrected chi connectivity index (χ3v) is 5.09. The number of fused-ring (bicyclic) bond motifs is 1. The van der Waals surface area contributed by atoms with Crippen LogP contribution in [-0.2, 0) is 0 Å². The summed E-state index contributed by atoms with van der Waals surface area (Å²) in [6.07, 6.45) is -2.21. The summed E-state index contributed by atoms with van der Waals surface area (Å²) in [5, 5.41) is 14.9. The standard InChI is InChI=1S/C18H24F3N3O2/c1-22-16(23-11-15(25)18(19,20)21)24-13-10-17(8-4-5-9-17)26-14-7-3-2-6-12(13)14/h2-3,6-7,13,15,25H,4-5,8-11H2,1H3,(H2,22,23,24). The number of aliphatic hydroxyl groups excluding tert-OH is 1. The minimum absolute atomic E-state index is 0.118. The third-order valence-electron chi connectivity index (χ3n) is 5.09. The zero-order valence-corrected chi connectivity index (χ0v) is 14.6.